The normalized spacial score (nSPS) is 18.3. The van der Waals surface area contributed by atoms with Crippen molar-refractivity contribution in [3.8, 4) is 0 Å². The first-order valence-electron chi connectivity index (χ1n) is 12.8. The average molecular weight is 623 g/mol. The standard InChI is InChI=1S/C30H26N2O7S3/c1-14-11-12-19-18(13-14)20(29-41-21(27(36)38-5)22(42-29)28(37)39-6)23(40)30(3,4)32(19)24(33)15(2)31-25(34)16-9-7-8-10-17(16)26(31)35/h7-13,15H,1-6H3. The lowest BCUT2D eigenvalue weighted by molar-refractivity contribution is -0.138. The molecule has 0 fully saturated rings. The molecule has 0 radical (unpaired) electrons. The van der Waals surface area contributed by atoms with Crippen LogP contribution in [0.5, 0.6) is 0 Å². The molecule has 3 amide bonds. The van der Waals surface area contributed by atoms with Gasteiger partial charge in [0.05, 0.1) is 45.7 Å². The first-order chi connectivity index (χ1) is 19.8. The van der Waals surface area contributed by atoms with Gasteiger partial charge in [0.1, 0.15) is 15.9 Å². The lowest BCUT2D eigenvalue weighted by atomic mass is 9.82. The van der Waals surface area contributed by atoms with Crippen LogP contribution >= 0.6 is 35.7 Å². The molecule has 12 heteroatoms. The smallest absolute Gasteiger partial charge is 0.346 e. The van der Waals surface area contributed by atoms with Crippen LogP contribution < -0.4 is 4.90 Å². The van der Waals surface area contributed by atoms with Gasteiger partial charge in [0.2, 0.25) is 0 Å². The second-order valence-corrected chi connectivity index (χ2v) is 13.0. The minimum atomic E-state index is -1.13. The number of thioether (sulfide) groups is 2. The van der Waals surface area contributed by atoms with E-state index < -0.39 is 41.2 Å². The molecular weight excluding hydrogens is 597 g/mol. The number of esters is 2. The molecule has 0 aromatic heterocycles. The Hall–Kier alpha value is -3.74. The molecule has 1 atom stereocenters. The molecule has 3 heterocycles. The summed E-state index contributed by atoms with van der Waals surface area (Å²) in [5.74, 6) is -2.91. The van der Waals surface area contributed by atoms with Crippen LogP contribution in [0, 0.1) is 6.92 Å². The van der Waals surface area contributed by atoms with E-state index in [0.717, 1.165) is 34.0 Å². The number of thiocarbonyl (C=S) groups is 1. The highest BCUT2D eigenvalue weighted by Gasteiger charge is 2.49. The summed E-state index contributed by atoms with van der Waals surface area (Å²) >= 11 is 8.16. The van der Waals surface area contributed by atoms with Gasteiger partial charge in [0, 0.05) is 11.1 Å². The number of nitrogens with zero attached hydrogens (tertiary/aromatic N) is 2. The maximum absolute atomic E-state index is 14.3. The molecule has 0 saturated carbocycles. The quantitative estimate of drug-likeness (QED) is 0.203. The van der Waals surface area contributed by atoms with Gasteiger partial charge in [-0.3, -0.25) is 24.2 Å². The number of ether oxygens (including phenoxy) is 2. The van der Waals surface area contributed by atoms with Gasteiger partial charge >= 0.3 is 11.9 Å². The van der Waals surface area contributed by atoms with Gasteiger partial charge in [0.25, 0.3) is 17.7 Å². The molecule has 3 aliphatic heterocycles. The summed E-state index contributed by atoms with van der Waals surface area (Å²) in [7, 11) is 2.46. The molecule has 5 rings (SSSR count). The summed E-state index contributed by atoms with van der Waals surface area (Å²) in [6.07, 6.45) is 0. The summed E-state index contributed by atoms with van der Waals surface area (Å²) in [4.78, 5) is 68.9. The summed E-state index contributed by atoms with van der Waals surface area (Å²) in [6.45, 7) is 6.99. The Morgan fingerprint density at radius 3 is 1.90 bits per heavy atom. The van der Waals surface area contributed by atoms with Gasteiger partial charge in [-0.1, -0.05) is 59.5 Å². The van der Waals surface area contributed by atoms with Crippen molar-refractivity contribution >= 4 is 81.5 Å². The van der Waals surface area contributed by atoms with Gasteiger partial charge in [-0.25, -0.2) is 9.59 Å². The van der Waals surface area contributed by atoms with Gasteiger partial charge in [-0.05, 0) is 52.0 Å². The van der Waals surface area contributed by atoms with E-state index in [1.54, 1.807) is 44.2 Å². The molecule has 2 aromatic rings. The molecule has 3 aliphatic rings. The van der Waals surface area contributed by atoms with Gasteiger partial charge < -0.3 is 9.47 Å². The Labute approximate surface area is 256 Å². The molecule has 0 bridgehead atoms. The van der Waals surface area contributed by atoms with Crippen LogP contribution in [0.1, 0.15) is 52.6 Å². The molecule has 0 saturated heterocycles. The van der Waals surface area contributed by atoms with Crippen LogP contribution in [0.15, 0.2) is 56.5 Å². The summed E-state index contributed by atoms with van der Waals surface area (Å²) in [6, 6.07) is 10.9. The Bertz CT molecular complexity index is 1630. The monoisotopic (exact) mass is 622 g/mol. The fourth-order valence-corrected chi connectivity index (χ4v) is 8.22. The van der Waals surface area contributed by atoms with Crippen molar-refractivity contribution in [3.63, 3.8) is 0 Å². The minimum Gasteiger partial charge on any atom is -0.465 e. The number of fused-ring (bicyclic) bond motifs is 2. The van der Waals surface area contributed by atoms with Crippen LogP contribution in [0.4, 0.5) is 5.69 Å². The molecule has 0 spiro atoms. The fraction of sp³-hybridized carbons (Fsp3) is 0.267. The zero-order chi connectivity index (χ0) is 30.7. The summed E-state index contributed by atoms with van der Waals surface area (Å²) in [5, 5.41) is 0. The molecule has 42 heavy (non-hydrogen) atoms. The molecule has 0 N–H and O–H groups in total. The number of hydrogen-bond acceptors (Lipinski definition) is 10. The molecule has 216 valence electrons. The lowest BCUT2D eigenvalue weighted by Gasteiger charge is -2.46. The second-order valence-electron chi connectivity index (χ2n) is 10.3. The topological polar surface area (TPSA) is 110 Å². The predicted molar refractivity (Wildman–Crippen MR) is 165 cm³/mol. The number of hydrogen-bond donors (Lipinski definition) is 0. The van der Waals surface area contributed by atoms with Crippen molar-refractivity contribution in [1.29, 1.82) is 0 Å². The van der Waals surface area contributed by atoms with Crippen molar-refractivity contribution in [2.24, 2.45) is 0 Å². The van der Waals surface area contributed by atoms with E-state index in [-0.39, 0.29) is 20.9 Å². The lowest BCUT2D eigenvalue weighted by Crippen LogP contribution is -2.61. The van der Waals surface area contributed by atoms with Crippen molar-refractivity contribution in [1.82, 2.24) is 4.90 Å². The largest absolute Gasteiger partial charge is 0.465 e. The van der Waals surface area contributed by atoms with Gasteiger partial charge in [-0.2, -0.15) is 0 Å². The van der Waals surface area contributed by atoms with Gasteiger partial charge in [0.15, 0.2) is 0 Å². The number of anilines is 1. The van der Waals surface area contributed by atoms with Crippen LogP contribution in [0.2, 0.25) is 0 Å². The van der Waals surface area contributed by atoms with Crippen molar-refractivity contribution in [3.05, 3.63) is 78.8 Å². The average Bonchev–Trinajstić information content (AvgIpc) is 3.51. The van der Waals surface area contributed by atoms with E-state index in [1.165, 1.54) is 26.0 Å². The highest BCUT2D eigenvalue weighted by Crippen LogP contribution is 2.56. The van der Waals surface area contributed by atoms with Crippen molar-refractivity contribution in [2.75, 3.05) is 19.1 Å². The van der Waals surface area contributed by atoms with Crippen molar-refractivity contribution < 1.29 is 33.4 Å². The number of aryl methyl sites for hydroxylation is 1. The molecule has 9 nitrogen and oxygen atoms in total. The van der Waals surface area contributed by atoms with Crippen LogP contribution in [-0.2, 0) is 23.9 Å². The Morgan fingerprint density at radius 2 is 1.40 bits per heavy atom. The highest BCUT2D eigenvalue weighted by atomic mass is 32.2. The van der Waals surface area contributed by atoms with E-state index in [9.17, 15) is 24.0 Å². The van der Waals surface area contributed by atoms with Crippen LogP contribution in [-0.4, -0.2) is 65.2 Å². The van der Waals surface area contributed by atoms with E-state index in [1.807, 2.05) is 19.1 Å². The Balaban J connectivity index is 1.61. The summed E-state index contributed by atoms with van der Waals surface area (Å²) in [5.41, 5.74) is 2.02. The third-order valence-corrected chi connectivity index (χ3v) is 10.6. The number of rotatable bonds is 4. The zero-order valence-corrected chi connectivity index (χ0v) is 26.0. The zero-order valence-electron chi connectivity index (χ0n) is 23.6. The molecule has 1 unspecified atom stereocenters. The minimum absolute atomic E-state index is 0.0874. The number of imide groups is 1. The molecular formula is C30H26N2O7S3. The predicted octanol–water partition coefficient (Wildman–Crippen LogP) is 4.88. The number of methoxy groups -OCH3 is 2. The third-order valence-electron chi connectivity index (χ3n) is 7.34. The van der Waals surface area contributed by atoms with Crippen LogP contribution in [0.25, 0.3) is 5.57 Å². The van der Waals surface area contributed by atoms with Gasteiger partial charge in [-0.15, -0.1) is 0 Å². The first kappa shape index (κ1) is 29.7. The molecule has 2 aromatic carbocycles. The van der Waals surface area contributed by atoms with E-state index in [0.29, 0.717) is 25.9 Å². The maximum Gasteiger partial charge on any atom is 0.346 e. The van der Waals surface area contributed by atoms with E-state index in [2.05, 4.69) is 0 Å². The summed E-state index contributed by atoms with van der Waals surface area (Å²) < 4.78 is 10.4. The van der Waals surface area contributed by atoms with E-state index in [4.69, 9.17) is 21.7 Å². The number of amides is 3. The van der Waals surface area contributed by atoms with Crippen molar-refractivity contribution in [2.45, 2.75) is 39.3 Å². The number of carbonyl (C=O) groups excluding carboxylic acids is 5. The van der Waals surface area contributed by atoms with E-state index >= 15 is 0 Å². The van der Waals surface area contributed by atoms with Crippen LogP contribution in [0.3, 0.4) is 0 Å². The Morgan fingerprint density at radius 1 is 0.881 bits per heavy atom. The third kappa shape index (κ3) is 4.48. The first-order valence-corrected chi connectivity index (χ1v) is 14.9. The number of carbonyl (C=O) groups is 5. The fourth-order valence-electron chi connectivity index (χ4n) is 5.18. The molecule has 0 aliphatic carbocycles. The maximum atomic E-state index is 14.3. The second kappa shape index (κ2) is 10.8. The number of benzene rings is 2. The Kier molecular flexibility index (Phi) is 7.67. The highest BCUT2D eigenvalue weighted by molar-refractivity contribution is 8.29. The SMILES string of the molecule is COC(=O)C1=C(C(=O)OC)SC(=C2C(=S)C(C)(C)N(C(=O)C(C)N3C(=O)c4ccccc4C3=O)c3ccc(C)cc32)S1.